The zero-order valence-electron chi connectivity index (χ0n) is 12.0. The van der Waals surface area contributed by atoms with Gasteiger partial charge in [0.15, 0.2) is 5.82 Å². The molecule has 0 spiro atoms. The largest absolute Gasteiger partial charge is 0.377 e. The summed E-state index contributed by atoms with van der Waals surface area (Å²) in [5, 5.41) is 3.82. The van der Waals surface area contributed by atoms with Crippen LogP contribution in [0.3, 0.4) is 0 Å². The molecular weight excluding hydrogens is 293 g/mol. The Kier molecular flexibility index (Phi) is 4.37. The Morgan fingerprint density at radius 2 is 2.19 bits per heavy atom. The molecular formula is C13H16FN5OS. The SMILES string of the molecule is Cc1cc(NCc2nsc(N(C)C)n2)c(C(N)=O)cc1F. The number of nitrogens with zero attached hydrogens (tertiary/aromatic N) is 3. The van der Waals surface area contributed by atoms with Gasteiger partial charge in [0.05, 0.1) is 12.1 Å². The molecule has 0 atom stereocenters. The van der Waals surface area contributed by atoms with E-state index in [2.05, 4.69) is 14.7 Å². The Labute approximate surface area is 126 Å². The van der Waals surface area contributed by atoms with Gasteiger partial charge in [0.1, 0.15) is 5.82 Å². The molecule has 1 amide bonds. The van der Waals surface area contributed by atoms with E-state index in [0.717, 1.165) is 11.2 Å². The number of aryl methyl sites for hydroxylation is 1. The van der Waals surface area contributed by atoms with E-state index in [1.165, 1.54) is 11.5 Å². The van der Waals surface area contributed by atoms with Gasteiger partial charge in [-0.1, -0.05) is 0 Å². The molecule has 0 radical (unpaired) electrons. The lowest BCUT2D eigenvalue weighted by atomic mass is 10.1. The Hall–Kier alpha value is -2.22. The molecule has 3 N–H and O–H groups in total. The van der Waals surface area contributed by atoms with Gasteiger partial charge in [0.2, 0.25) is 5.13 Å². The number of carbonyl (C=O) groups is 1. The van der Waals surface area contributed by atoms with Crippen molar-refractivity contribution >= 4 is 28.3 Å². The van der Waals surface area contributed by atoms with Gasteiger partial charge in [-0.05, 0) is 24.6 Å². The second-order valence-electron chi connectivity index (χ2n) is 4.75. The third kappa shape index (κ3) is 3.46. The first-order valence-electron chi connectivity index (χ1n) is 6.22. The molecule has 1 aromatic heterocycles. The number of amides is 1. The summed E-state index contributed by atoms with van der Waals surface area (Å²) in [6.07, 6.45) is 0. The molecule has 1 heterocycles. The molecule has 0 fully saturated rings. The number of nitrogens with two attached hydrogens (primary N) is 1. The van der Waals surface area contributed by atoms with Crippen LogP contribution in [-0.4, -0.2) is 29.4 Å². The zero-order chi connectivity index (χ0) is 15.6. The second-order valence-corrected chi connectivity index (χ2v) is 5.48. The van der Waals surface area contributed by atoms with Crippen molar-refractivity contribution in [3.63, 3.8) is 0 Å². The number of hydrogen-bond acceptors (Lipinski definition) is 6. The first-order valence-corrected chi connectivity index (χ1v) is 6.99. The Balaban J connectivity index is 2.18. The number of anilines is 2. The maximum Gasteiger partial charge on any atom is 0.250 e. The average molecular weight is 309 g/mol. The van der Waals surface area contributed by atoms with Gasteiger partial charge in [-0.25, -0.2) is 9.37 Å². The molecule has 21 heavy (non-hydrogen) atoms. The summed E-state index contributed by atoms with van der Waals surface area (Å²) < 4.78 is 17.7. The summed E-state index contributed by atoms with van der Waals surface area (Å²) in [4.78, 5) is 17.5. The van der Waals surface area contributed by atoms with E-state index in [-0.39, 0.29) is 5.56 Å². The van der Waals surface area contributed by atoms with Crippen LogP contribution in [0.1, 0.15) is 21.7 Å². The zero-order valence-corrected chi connectivity index (χ0v) is 12.8. The summed E-state index contributed by atoms with van der Waals surface area (Å²) in [5.74, 6) is -0.547. The van der Waals surface area contributed by atoms with Crippen LogP contribution in [0.2, 0.25) is 0 Å². The molecule has 0 bridgehead atoms. The lowest BCUT2D eigenvalue weighted by Crippen LogP contribution is -2.15. The number of hydrogen-bond donors (Lipinski definition) is 2. The Morgan fingerprint density at radius 1 is 1.48 bits per heavy atom. The molecule has 0 saturated heterocycles. The minimum atomic E-state index is -0.684. The van der Waals surface area contributed by atoms with Crippen molar-refractivity contribution in [3.05, 3.63) is 34.9 Å². The number of primary amides is 1. The lowest BCUT2D eigenvalue weighted by Gasteiger charge is -2.10. The molecule has 1 aromatic carbocycles. The summed E-state index contributed by atoms with van der Waals surface area (Å²) in [6.45, 7) is 1.95. The minimum absolute atomic E-state index is 0.112. The van der Waals surface area contributed by atoms with Crippen molar-refractivity contribution in [3.8, 4) is 0 Å². The van der Waals surface area contributed by atoms with E-state index in [4.69, 9.17) is 5.73 Å². The highest BCUT2D eigenvalue weighted by Gasteiger charge is 2.13. The van der Waals surface area contributed by atoms with Crippen molar-refractivity contribution in [2.75, 3.05) is 24.3 Å². The predicted octanol–water partition coefficient (Wildman–Crippen LogP) is 1.76. The van der Waals surface area contributed by atoms with Gasteiger partial charge in [-0.2, -0.15) is 4.37 Å². The standard InChI is InChI=1S/C13H16FN5OS/c1-7-4-10(8(12(15)20)5-9(7)14)16-6-11-17-13(19(2)3)21-18-11/h4-5,16H,6H2,1-3H3,(H2,15,20). The summed E-state index contributed by atoms with van der Waals surface area (Å²) in [5.41, 5.74) is 6.28. The van der Waals surface area contributed by atoms with Crippen molar-refractivity contribution in [2.24, 2.45) is 5.73 Å². The van der Waals surface area contributed by atoms with Crippen molar-refractivity contribution in [2.45, 2.75) is 13.5 Å². The maximum atomic E-state index is 13.5. The van der Waals surface area contributed by atoms with E-state index in [1.54, 1.807) is 13.0 Å². The summed E-state index contributed by atoms with van der Waals surface area (Å²) in [7, 11) is 3.76. The third-order valence-electron chi connectivity index (χ3n) is 2.84. The van der Waals surface area contributed by atoms with E-state index < -0.39 is 11.7 Å². The van der Waals surface area contributed by atoms with Gasteiger partial charge < -0.3 is 16.0 Å². The van der Waals surface area contributed by atoms with Gasteiger partial charge in [-0.15, -0.1) is 0 Å². The summed E-state index contributed by atoms with van der Waals surface area (Å²) >= 11 is 1.28. The van der Waals surface area contributed by atoms with Crippen LogP contribution in [-0.2, 0) is 6.54 Å². The normalized spacial score (nSPS) is 10.5. The minimum Gasteiger partial charge on any atom is -0.377 e. The Morgan fingerprint density at radius 3 is 2.76 bits per heavy atom. The van der Waals surface area contributed by atoms with Crippen molar-refractivity contribution in [1.29, 1.82) is 0 Å². The number of benzene rings is 1. The highest BCUT2D eigenvalue weighted by molar-refractivity contribution is 7.09. The molecule has 0 aliphatic heterocycles. The van der Waals surface area contributed by atoms with E-state index >= 15 is 0 Å². The van der Waals surface area contributed by atoms with Crippen LogP contribution in [0.15, 0.2) is 12.1 Å². The van der Waals surface area contributed by atoms with Crippen molar-refractivity contribution < 1.29 is 9.18 Å². The van der Waals surface area contributed by atoms with Gasteiger partial charge in [0, 0.05) is 31.3 Å². The van der Waals surface area contributed by atoms with Crippen LogP contribution in [0, 0.1) is 12.7 Å². The highest BCUT2D eigenvalue weighted by Crippen LogP contribution is 2.21. The van der Waals surface area contributed by atoms with E-state index in [1.807, 2.05) is 19.0 Å². The molecule has 8 heteroatoms. The molecule has 0 aliphatic carbocycles. The van der Waals surface area contributed by atoms with Crippen molar-refractivity contribution in [1.82, 2.24) is 9.36 Å². The molecule has 6 nitrogen and oxygen atoms in total. The summed E-state index contributed by atoms with van der Waals surface area (Å²) in [6, 6.07) is 2.69. The van der Waals surface area contributed by atoms with Gasteiger partial charge >= 0.3 is 0 Å². The number of rotatable bonds is 5. The van der Waals surface area contributed by atoms with Gasteiger partial charge in [0.25, 0.3) is 5.91 Å². The number of nitrogens with one attached hydrogen (secondary N) is 1. The fourth-order valence-corrected chi connectivity index (χ4v) is 2.31. The fraction of sp³-hybridized carbons (Fsp3) is 0.308. The first-order chi connectivity index (χ1) is 9.88. The van der Waals surface area contributed by atoms with Crippen LogP contribution in [0.4, 0.5) is 15.2 Å². The molecule has 0 saturated carbocycles. The first kappa shape index (κ1) is 15.2. The molecule has 0 unspecified atom stereocenters. The maximum absolute atomic E-state index is 13.5. The highest BCUT2D eigenvalue weighted by atomic mass is 32.1. The second kappa shape index (κ2) is 6.04. The lowest BCUT2D eigenvalue weighted by molar-refractivity contribution is 0.100. The fourth-order valence-electron chi connectivity index (χ4n) is 1.70. The quantitative estimate of drug-likeness (QED) is 0.879. The van der Waals surface area contributed by atoms with Gasteiger partial charge in [-0.3, -0.25) is 4.79 Å². The van der Waals surface area contributed by atoms with Crippen LogP contribution in [0.5, 0.6) is 0 Å². The monoisotopic (exact) mass is 309 g/mol. The van der Waals surface area contributed by atoms with E-state index in [0.29, 0.717) is 23.6 Å². The smallest absolute Gasteiger partial charge is 0.250 e. The van der Waals surface area contributed by atoms with Crippen LogP contribution >= 0.6 is 11.5 Å². The molecule has 2 rings (SSSR count). The van der Waals surface area contributed by atoms with E-state index in [9.17, 15) is 9.18 Å². The molecule has 0 aliphatic rings. The molecule has 2 aromatic rings. The predicted molar refractivity (Wildman–Crippen MR) is 81.2 cm³/mol. The van der Waals surface area contributed by atoms with Crippen LogP contribution in [0.25, 0.3) is 0 Å². The third-order valence-corrected chi connectivity index (χ3v) is 3.76. The number of halogens is 1. The van der Waals surface area contributed by atoms with Crippen LogP contribution < -0.4 is 16.0 Å². The topological polar surface area (TPSA) is 84.1 Å². The number of carbonyl (C=O) groups excluding carboxylic acids is 1. The molecule has 112 valence electrons. The number of aromatic nitrogens is 2. The Bertz CT molecular complexity index is 671. The average Bonchev–Trinajstić information content (AvgIpc) is 2.88.